The zero-order valence-corrected chi connectivity index (χ0v) is 12.8. The first kappa shape index (κ1) is 14.5. The third-order valence-corrected chi connectivity index (χ3v) is 3.55. The highest BCUT2D eigenvalue weighted by Gasteiger charge is 2.08. The lowest BCUT2D eigenvalue weighted by molar-refractivity contribution is -0.255. The van der Waals surface area contributed by atoms with Gasteiger partial charge in [-0.2, -0.15) is 0 Å². The van der Waals surface area contributed by atoms with Crippen molar-refractivity contribution in [3.63, 3.8) is 0 Å². The van der Waals surface area contributed by atoms with E-state index in [1.807, 2.05) is 12.1 Å². The molecule has 0 saturated carbocycles. The Hall–Kier alpha value is -1.89. The van der Waals surface area contributed by atoms with Gasteiger partial charge in [-0.3, -0.25) is 4.79 Å². The zero-order chi connectivity index (χ0) is 14.7. The number of hydrogen-bond donors (Lipinski definition) is 1. The van der Waals surface area contributed by atoms with Gasteiger partial charge in [0.15, 0.2) is 0 Å². The van der Waals surface area contributed by atoms with Crippen LogP contribution >= 0.6 is 22.6 Å². The second kappa shape index (κ2) is 6.04. The molecule has 1 amide bonds. The summed E-state index contributed by atoms with van der Waals surface area (Å²) in [5.41, 5.74) is 1.81. The second-order valence-corrected chi connectivity index (χ2v) is 5.52. The van der Waals surface area contributed by atoms with Crippen LogP contribution in [0.4, 0.5) is 5.69 Å². The molecule has 0 heterocycles. The van der Waals surface area contributed by atoms with E-state index in [1.54, 1.807) is 25.1 Å². The fraction of sp³-hybridized carbons (Fsp3) is 0.0667. The summed E-state index contributed by atoms with van der Waals surface area (Å²) in [6.45, 7) is 1.79. The Morgan fingerprint density at radius 1 is 1.05 bits per heavy atom. The van der Waals surface area contributed by atoms with E-state index in [0.29, 0.717) is 11.3 Å². The molecule has 0 aliphatic rings. The number of carbonyl (C=O) groups excluding carboxylic acids is 2. The Balaban J connectivity index is 2.25. The predicted octanol–water partition coefficient (Wildman–Crippen LogP) is 2.22. The maximum Gasteiger partial charge on any atom is 0.255 e. The van der Waals surface area contributed by atoms with Crippen molar-refractivity contribution in [3.8, 4) is 0 Å². The van der Waals surface area contributed by atoms with Crippen LogP contribution in [0.2, 0.25) is 0 Å². The number of amides is 1. The Kier molecular flexibility index (Phi) is 4.39. The minimum absolute atomic E-state index is 0.0357. The Morgan fingerprint density at radius 2 is 1.65 bits per heavy atom. The Labute approximate surface area is 130 Å². The quantitative estimate of drug-likeness (QED) is 0.831. The Morgan fingerprint density at radius 3 is 2.25 bits per heavy atom. The zero-order valence-electron chi connectivity index (χ0n) is 10.6. The normalized spacial score (nSPS) is 10.1. The third-order valence-electron chi connectivity index (χ3n) is 2.83. The molecule has 0 atom stereocenters. The van der Waals surface area contributed by atoms with Gasteiger partial charge >= 0.3 is 0 Å². The number of carboxylic acid groups (broad SMARTS) is 1. The van der Waals surface area contributed by atoms with Gasteiger partial charge in [-0.05, 0) is 71.0 Å². The van der Waals surface area contributed by atoms with Crippen LogP contribution in [0.15, 0.2) is 42.5 Å². The summed E-state index contributed by atoms with van der Waals surface area (Å²) in [4.78, 5) is 22.9. The minimum Gasteiger partial charge on any atom is -0.545 e. The van der Waals surface area contributed by atoms with Gasteiger partial charge in [-0.25, -0.2) is 0 Å². The molecule has 0 aromatic heterocycles. The molecule has 2 aromatic rings. The van der Waals surface area contributed by atoms with Crippen molar-refractivity contribution in [1.82, 2.24) is 0 Å². The first-order valence-corrected chi connectivity index (χ1v) is 6.94. The van der Waals surface area contributed by atoms with Crippen LogP contribution in [0, 0.1) is 10.5 Å². The smallest absolute Gasteiger partial charge is 0.255 e. The maximum absolute atomic E-state index is 12.1. The summed E-state index contributed by atoms with van der Waals surface area (Å²) >= 11 is 2.16. The van der Waals surface area contributed by atoms with E-state index >= 15 is 0 Å². The van der Waals surface area contributed by atoms with Gasteiger partial charge in [0.1, 0.15) is 0 Å². The molecule has 0 spiro atoms. The molecule has 0 radical (unpaired) electrons. The Bertz CT molecular complexity index is 665. The number of aromatic carboxylic acids is 1. The molecular weight excluding hydrogens is 369 g/mol. The summed E-state index contributed by atoms with van der Waals surface area (Å²) in [7, 11) is 0. The summed E-state index contributed by atoms with van der Waals surface area (Å²) in [5.74, 6) is -1.55. The van der Waals surface area contributed by atoms with E-state index < -0.39 is 5.97 Å². The SMILES string of the molecule is Cc1ccc(C(=O)[O-])cc1NC(=O)c1ccc(I)cc1. The van der Waals surface area contributed by atoms with Crippen molar-refractivity contribution in [2.75, 3.05) is 5.32 Å². The molecule has 102 valence electrons. The molecule has 0 aliphatic carbocycles. The number of halogens is 1. The average molecular weight is 380 g/mol. The van der Waals surface area contributed by atoms with Crippen LogP contribution in [-0.4, -0.2) is 11.9 Å². The number of nitrogens with one attached hydrogen (secondary N) is 1. The standard InChI is InChI=1S/C15H12INO3/c1-9-2-3-11(15(19)20)8-13(9)17-14(18)10-4-6-12(16)7-5-10/h2-8H,1H3,(H,17,18)(H,19,20)/p-1. The minimum atomic E-state index is -1.27. The summed E-state index contributed by atoms with van der Waals surface area (Å²) in [5, 5.41) is 13.5. The van der Waals surface area contributed by atoms with E-state index in [9.17, 15) is 14.7 Å². The maximum atomic E-state index is 12.1. The number of benzene rings is 2. The lowest BCUT2D eigenvalue weighted by atomic mass is 10.1. The van der Waals surface area contributed by atoms with Crippen LogP contribution in [0.1, 0.15) is 26.3 Å². The number of aryl methyl sites for hydroxylation is 1. The summed E-state index contributed by atoms with van der Waals surface area (Å²) < 4.78 is 1.04. The van der Waals surface area contributed by atoms with E-state index in [0.717, 1.165) is 9.13 Å². The van der Waals surface area contributed by atoms with Crippen LogP contribution in [-0.2, 0) is 0 Å². The van der Waals surface area contributed by atoms with Gasteiger partial charge in [-0.15, -0.1) is 0 Å². The molecule has 2 rings (SSSR count). The van der Waals surface area contributed by atoms with Gasteiger partial charge < -0.3 is 15.2 Å². The molecule has 20 heavy (non-hydrogen) atoms. The molecular formula is C15H11INO3-. The fourth-order valence-corrected chi connectivity index (χ4v) is 2.04. The van der Waals surface area contributed by atoms with Crippen molar-refractivity contribution in [1.29, 1.82) is 0 Å². The number of carbonyl (C=O) groups is 2. The molecule has 0 unspecified atom stereocenters. The molecule has 0 saturated heterocycles. The fourth-order valence-electron chi connectivity index (χ4n) is 1.68. The van der Waals surface area contributed by atoms with Crippen molar-refractivity contribution < 1.29 is 14.7 Å². The predicted molar refractivity (Wildman–Crippen MR) is 82.6 cm³/mol. The third kappa shape index (κ3) is 3.36. The first-order valence-electron chi connectivity index (χ1n) is 5.86. The van der Waals surface area contributed by atoms with Gasteiger partial charge in [0, 0.05) is 14.8 Å². The second-order valence-electron chi connectivity index (χ2n) is 4.28. The van der Waals surface area contributed by atoms with Gasteiger partial charge in [-0.1, -0.05) is 12.1 Å². The number of hydrogen-bond acceptors (Lipinski definition) is 3. The van der Waals surface area contributed by atoms with Crippen LogP contribution in [0.25, 0.3) is 0 Å². The van der Waals surface area contributed by atoms with E-state index in [2.05, 4.69) is 27.9 Å². The summed E-state index contributed by atoms with van der Waals surface area (Å²) in [6, 6.07) is 11.6. The highest BCUT2D eigenvalue weighted by Crippen LogP contribution is 2.18. The van der Waals surface area contributed by atoms with Gasteiger partial charge in [0.25, 0.3) is 5.91 Å². The molecule has 4 nitrogen and oxygen atoms in total. The van der Waals surface area contributed by atoms with Crippen LogP contribution in [0.3, 0.4) is 0 Å². The molecule has 0 bridgehead atoms. The molecule has 5 heteroatoms. The average Bonchev–Trinajstić information content (AvgIpc) is 2.41. The lowest BCUT2D eigenvalue weighted by Crippen LogP contribution is -2.22. The highest BCUT2D eigenvalue weighted by atomic mass is 127. The van der Waals surface area contributed by atoms with Crippen molar-refractivity contribution in [2.24, 2.45) is 0 Å². The van der Waals surface area contributed by atoms with Gasteiger partial charge in [0.05, 0.1) is 5.97 Å². The topological polar surface area (TPSA) is 69.2 Å². The molecule has 1 N–H and O–H groups in total. The molecule has 2 aromatic carbocycles. The van der Waals surface area contributed by atoms with E-state index in [1.165, 1.54) is 12.1 Å². The van der Waals surface area contributed by atoms with E-state index in [4.69, 9.17) is 0 Å². The van der Waals surface area contributed by atoms with Crippen LogP contribution in [0.5, 0.6) is 0 Å². The largest absolute Gasteiger partial charge is 0.545 e. The van der Waals surface area contributed by atoms with Crippen LogP contribution < -0.4 is 10.4 Å². The monoisotopic (exact) mass is 380 g/mol. The molecule has 0 fully saturated rings. The number of carboxylic acids is 1. The first-order chi connectivity index (χ1) is 9.47. The summed E-state index contributed by atoms with van der Waals surface area (Å²) in [6.07, 6.45) is 0. The van der Waals surface area contributed by atoms with Gasteiger partial charge in [0.2, 0.25) is 0 Å². The van der Waals surface area contributed by atoms with Crippen molar-refractivity contribution in [2.45, 2.75) is 6.92 Å². The highest BCUT2D eigenvalue weighted by molar-refractivity contribution is 14.1. The molecule has 0 aliphatic heterocycles. The van der Waals surface area contributed by atoms with Crippen molar-refractivity contribution >= 4 is 40.2 Å². The van der Waals surface area contributed by atoms with E-state index in [-0.39, 0.29) is 11.5 Å². The number of rotatable bonds is 3. The number of anilines is 1. The lowest BCUT2D eigenvalue weighted by Gasteiger charge is -2.11. The van der Waals surface area contributed by atoms with Crippen molar-refractivity contribution in [3.05, 3.63) is 62.7 Å².